The van der Waals surface area contributed by atoms with Crippen molar-refractivity contribution in [2.45, 2.75) is 0 Å². The summed E-state index contributed by atoms with van der Waals surface area (Å²) in [5.74, 6) is 0.158. The molecular weight excluding hydrogens is 252 g/mol. The van der Waals surface area contributed by atoms with Crippen LogP contribution >= 0.6 is 11.6 Å². The van der Waals surface area contributed by atoms with Gasteiger partial charge in [-0.2, -0.15) is 4.98 Å². The Bertz CT molecular complexity index is 709. The first-order valence-electron chi connectivity index (χ1n) is 5.33. The molecule has 0 aliphatic heterocycles. The van der Waals surface area contributed by atoms with Crippen LogP contribution in [0.4, 0.5) is 11.7 Å². The van der Waals surface area contributed by atoms with Gasteiger partial charge in [-0.1, -0.05) is 17.7 Å². The standard InChI is InChI=1S/C13H9ClN2O2/c14-8-2-1-3-9(6-8)15-13-16-11-7-10(17)4-5-12(11)18-13/h1-7,17H,(H,15,16). The maximum atomic E-state index is 9.35. The van der Waals surface area contributed by atoms with E-state index in [0.29, 0.717) is 22.1 Å². The Balaban J connectivity index is 1.95. The molecule has 18 heavy (non-hydrogen) atoms. The predicted molar refractivity (Wildman–Crippen MR) is 70.4 cm³/mol. The van der Waals surface area contributed by atoms with E-state index in [1.54, 1.807) is 30.3 Å². The van der Waals surface area contributed by atoms with Gasteiger partial charge in [-0.25, -0.2) is 0 Å². The Labute approximate surface area is 108 Å². The van der Waals surface area contributed by atoms with Crippen LogP contribution in [0, 0.1) is 0 Å². The highest BCUT2D eigenvalue weighted by Gasteiger charge is 2.06. The molecule has 0 atom stereocenters. The van der Waals surface area contributed by atoms with Gasteiger partial charge in [-0.05, 0) is 30.3 Å². The zero-order valence-corrected chi connectivity index (χ0v) is 9.98. The molecule has 0 spiro atoms. The minimum absolute atomic E-state index is 0.158. The quantitative estimate of drug-likeness (QED) is 0.733. The third-order valence-electron chi connectivity index (χ3n) is 2.45. The van der Waals surface area contributed by atoms with Gasteiger partial charge in [0.25, 0.3) is 6.01 Å². The number of nitrogens with zero attached hydrogens (tertiary/aromatic N) is 1. The van der Waals surface area contributed by atoms with Gasteiger partial charge in [0.05, 0.1) is 0 Å². The Morgan fingerprint density at radius 3 is 2.89 bits per heavy atom. The van der Waals surface area contributed by atoms with Gasteiger partial charge in [0, 0.05) is 16.8 Å². The molecule has 2 aromatic carbocycles. The zero-order valence-electron chi connectivity index (χ0n) is 9.22. The second-order valence-corrected chi connectivity index (χ2v) is 4.24. The number of phenols is 1. The van der Waals surface area contributed by atoms with Crippen molar-refractivity contribution in [3.8, 4) is 5.75 Å². The van der Waals surface area contributed by atoms with Gasteiger partial charge in [-0.15, -0.1) is 0 Å². The third kappa shape index (κ3) is 2.10. The van der Waals surface area contributed by atoms with Crippen molar-refractivity contribution in [1.82, 2.24) is 4.98 Å². The molecule has 0 radical (unpaired) electrons. The predicted octanol–water partition coefficient (Wildman–Crippen LogP) is 3.93. The number of aromatic hydroxyl groups is 1. The van der Waals surface area contributed by atoms with Crippen molar-refractivity contribution < 1.29 is 9.52 Å². The minimum Gasteiger partial charge on any atom is -0.508 e. The Morgan fingerprint density at radius 2 is 2.06 bits per heavy atom. The summed E-state index contributed by atoms with van der Waals surface area (Å²) in [5, 5.41) is 13.0. The molecule has 1 heterocycles. The largest absolute Gasteiger partial charge is 0.508 e. The number of anilines is 2. The highest BCUT2D eigenvalue weighted by atomic mass is 35.5. The SMILES string of the molecule is Oc1ccc2oc(Nc3cccc(Cl)c3)nc2c1. The normalized spacial score (nSPS) is 10.7. The number of phenolic OH excluding ortho intramolecular Hbond substituents is 1. The molecule has 0 aliphatic carbocycles. The van der Waals surface area contributed by atoms with Gasteiger partial charge in [0.15, 0.2) is 5.58 Å². The average molecular weight is 261 g/mol. The molecule has 90 valence electrons. The molecule has 0 fully saturated rings. The summed E-state index contributed by atoms with van der Waals surface area (Å²) >= 11 is 5.89. The molecule has 3 aromatic rings. The summed E-state index contributed by atoms with van der Waals surface area (Å²) in [5.41, 5.74) is 2.00. The van der Waals surface area contributed by atoms with Gasteiger partial charge < -0.3 is 14.8 Å². The lowest BCUT2D eigenvalue weighted by Gasteiger charge is -2.00. The minimum atomic E-state index is 0.158. The van der Waals surface area contributed by atoms with Crippen LogP contribution in [-0.4, -0.2) is 10.1 Å². The Morgan fingerprint density at radius 1 is 1.17 bits per heavy atom. The first-order chi connectivity index (χ1) is 8.70. The van der Waals surface area contributed by atoms with E-state index in [1.807, 2.05) is 12.1 Å². The molecule has 0 aliphatic rings. The highest BCUT2D eigenvalue weighted by molar-refractivity contribution is 6.30. The van der Waals surface area contributed by atoms with E-state index in [1.165, 1.54) is 0 Å². The van der Waals surface area contributed by atoms with E-state index >= 15 is 0 Å². The molecule has 0 bridgehead atoms. The van der Waals surface area contributed by atoms with Crippen molar-refractivity contribution in [2.24, 2.45) is 0 Å². The van der Waals surface area contributed by atoms with Crippen LogP contribution in [0.3, 0.4) is 0 Å². The van der Waals surface area contributed by atoms with Gasteiger partial charge in [-0.3, -0.25) is 0 Å². The first-order valence-corrected chi connectivity index (χ1v) is 5.71. The molecule has 0 unspecified atom stereocenters. The second-order valence-electron chi connectivity index (χ2n) is 3.81. The summed E-state index contributed by atoms with van der Waals surface area (Å²) < 4.78 is 5.49. The molecule has 4 nitrogen and oxygen atoms in total. The van der Waals surface area contributed by atoms with Crippen molar-refractivity contribution in [3.05, 3.63) is 47.5 Å². The van der Waals surface area contributed by atoms with Crippen LogP contribution in [0.15, 0.2) is 46.9 Å². The first kappa shape index (κ1) is 10.9. The fourth-order valence-corrected chi connectivity index (χ4v) is 1.85. The number of nitrogens with one attached hydrogen (secondary N) is 1. The number of rotatable bonds is 2. The molecule has 3 rings (SSSR count). The summed E-state index contributed by atoms with van der Waals surface area (Å²) in [6.45, 7) is 0. The highest BCUT2D eigenvalue weighted by Crippen LogP contribution is 2.25. The third-order valence-corrected chi connectivity index (χ3v) is 2.68. The smallest absolute Gasteiger partial charge is 0.300 e. The lowest BCUT2D eigenvalue weighted by molar-refractivity contribution is 0.476. The molecule has 0 saturated heterocycles. The number of hydrogen-bond donors (Lipinski definition) is 2. The van der Waals surface area contributed by atoms with Crippen LogP contribution in [0.2, 0.25) is 5.02 Å². The van der Waals surface area contributed by atoms with E-state index in [2.05, 4.69) is 10.3 Å². The maximum absolute atomic E-state index is 9.35. The van der Waals surface area contributed by atoms with Gasteiger partial charge in [0.2, 0.25) is 0 Å². The maximum Gasteiger partial charge on any atom is 0.300 e. The monoisotopic (exact) mass is 260 g/mol. The molecular formula is C13H9ClN2O2. The van der Waals surface area contributed by atoms with Crippen LogP contribution in [0.25, 0.3) is 11.1 Å². The van der Waals surface area contributed by atoms with E-state index in [4.69, 9.17) is 16.0 Å². The van der Waals surface area contributed by atoms with Crippen LogP contribution in [0.1, 0.15) is 0 Å². The van der Waals surface area contributed by atoms with Crippen LogP contribution in [0.5, 0.6) is 5.75 Å². The van der Waals surface area contributed by atoms with Crippen molar-refractivity contribution in [2.75, 3.05) is 5.32 Å². The van der Waals surface area contributed by atoms with Crippen molar-refractivity contribution in [3.63, 3.8) is 0 Å². The lowest BCUT2D eigenvalue weighted by Crippen LogP contribution is -1.89. The molecule has 2 N–H and O–H groups in total. The number of fused-ring (bicyclic) bond motifs is 1. The number of benzene rings is 2. The average Bonchev–Trinajstić information content (AvgIpc) is 2.70. The number of hydrogen-bond acceptors (Lipinski definition) is 4. The molecule has 0 amide bonds. The van der Waals surface area contributed by atoms with E-state index in [0.717, 1.165) is 5.69 Å². The van der Waals surface area contributed by atoms with E-state index < -0.39 is 0 Å². The van der Waals surface area contributed by atoms with Crippen molar-refractivity contribution >= 4 is 34.4 Å². The van der Waals surface area contributed by atoms with Gasteiger partial charge >= 0.3 is 0 Å². The van der Waals surface area contributed by atoms with Crippen LogP contribution < -0.4 is 5.32 Å². The summed E-state index contributed by atoms with van der Waals surface area (Å²) in [4.78, 5) is 4.22. The molecule has 1 aromatic heterocycles. The van der Waals surface area contributed by atoms with E-state index in [-0.39, 0.29) is 5.75 Å². The number of aromatic nitrogens is 1. The Kier molecular flexibility index (Phi) is 2.57. The van der Waals surface area contributed by atoms with Crippen molar-refractivity contribution in [1.29, 1.82) is 0 Å². The summed E-state index contributed by atoms with van der Waals surface area (Å²) in [6, 6.07) is 12.4. The van der Waals surface area contributed by atoms with Crippen LogP contribution in [-0.2, 0) is 0 Å². The second kappa shape index (κ2) is 4.23. The summed E-state index contributed by atoms with van der Waals surface area (Å²) in [7, 11) is 0. The number of oxazole rings is 1. The number of halogens is 1. The fourth-order valence-electron chi connectivity index (χ4n) is 1.66. The molecule has 5 heteroatoms. The lowest BCUT2D eigenvalue weighted by atomic mass is 10.3. The fraction of sp³-hybridized carbons (Fsp3) is 0. The van der Waals surface area contributed by atoms with E-state index in [9.17, 15) is 5.11 Å². The Hall–Kier alpha value is -2.20. The van der Waals surface area contributed by atoms with Gasteiger partial charge in [0.1, 0.15) is 11.3 Å². The topological polar surface area (TPSA) is 58.3 Å². The molecule has 0 saturated carbocycles. The summed E-state index contributed by atoms with van der Waals surface area (Å²) in [6.07, 6.45) is 0. The zero-order chi connectivity index (χ0) is 12.5.